The summed E-state index contributed by atoms with van der Waals surface area (Å²) in [6.07, 6.45) is 0.997. The summed E-state index contributed by atoms with van der Waals surface area (Å²) in [7, 11) is 0. The highest BCUT2D eigenvalue weighted by molar-refractivity contribution is 7.71. The summed E-state index contributed by atoms with van der Waals surface area (Å²) < 4.78 is 2.66. The molecule has 0 fully saturated rings. The van der Waals surface area contributed by atoms with Crippen molar-refractivity contribution in [3.8, 4) is 5.69 Å². The number of imidazole rings is 1. The number of rotatable bonds is 2. The number of para-hydroxylation sites is 1. The number of nitrogens with one attached hydrogen (secondary N) is 1. The van der Waals surface area contributed by atoms with Crippen LogP contribution in [0.25, 0.3) is 16.7 Å². The summed E-state index contributed by atoms with van der Waals surface area (Å²) in [5, 5.41) is 0.701. The molecule has 0 aliphatic carbocycles. The Bertz CT molecular complexity index is 801. The van der Waals surface area contributed by atoms with Gasteiger partial charge in [0.2, 0.25) is 0 Å². The Morgan fingerprint density at radius 2 is 2.00 bits per heavy atom. The van der Waals surface area contributed by atoms with Crippen LogP contribution in [0.5, 0.6) is 0 Å². The van der Waals surface area contributed by atoms with E-state index in [-0.39, 0.29) is 0 Å². The van der Waals surface area contributed by atoms with E-state index >= 15 is 0 Å². The van der Waals surface area contributed by atoms with E-state index < -0.39 is 0 Å². The predicted molar refractivity (Wildman–Crippen MR) is 82.8 cm³/mol. The van der Waals surface area contributed by atoms with E-state index in [1.165, 1.54) is 5.56 Å². The van der Waals surface area contributed by atoms with Crippen LogP contribution >= 0.6 is 23.8 Å². The minimum absolute atomic E-state index is 0.663. The number of benzene rings is 2. The Morgan fingerprint density at radius 1 is 1.21 bits per heavy atom. The number of hydrogen-bond acceptors (Lipinski definition) is 1. The third kappa shape index (κ3) is 2.09. The highest BCUT2D eigenvalue weighted by Gasteiger charge is 2.09. The smallest absolute Gasteiger partial charge is 0.182 e. The van der Waals surface area contributed by atoms with Gasteiger partial charge in [0.1, 0.15) is 0 Å². The van der Waals surface area contributed by atoms with Gasteiger partial charge in [0.25, 0.3) is 0 Å². The molecular formula is C15H13ClN2S. The topological polar surface area (TPSA) is 20.7 Å². The van der Waals surface area contributed by atoms with Crippen LogP contribution in [0.3, 0.4) is 0 Å². The molecule has 19 heavy (non-hydrogen) atoms. The van der Waals surface area contributed by atoms with Crippen molar-refractivity contribution < 1.29 is 0 Å². The first kappa shape index (κ1) is 12.5. The Hall–Kier alpha value is -1.58. The van der Waals surface area contributed by atoms with Gasteiger partial charge in [-0.05, 0) is 48.5 Å². The fourth-order valence-corrected chi connectivity index (χ4v) is 2.84. The van der Waals surface area contributed by atoms with Gasteiger partial charge in [-0.2, -0.15) is 0 Å². The Morgan fingerprint density at radius 3 is 2.79 bits per heavy atom. The number of halogens is 1. The van der Waals surface area contributed by atoms with Gasteiger partial charge in [-0.15, -0.1) is 0 Å². The molecule has 0 amide bonds. The van der Waals surface area contributed by atoms with Crippen LogP contribution in [0.4, 0.5) is 0 Å². The van der Waals surface area contributed by atoms with E-state index in [4.69, 9.17) is 23.8 Å². The first-order chi connectivity index (χ1) is 9.20. The summed E-state index contributed by atoms with van der Waals surface area (Å²) in [5.74, 6) is 0. The van der Waals surface area contributed by atoms with E-state index in [0.29, 0.717) is 9.79 Å². The third-order valence-corrected chi connectivity index (χ3v) is 3.82. The van der Waals surface area contributed by atoms with Gasteiger partial charge < -0.3 is 4.98 Å². The number of hydrogen-bond donors (Lipinski definition) is 1. The highest BCUT2D eigenvalue weighted by atomic mass is 35.5. The zero-order chi connectivity index (χ0) is 13.4. The largest absolute Gasteiger partial charge is 0.330 e. The summed E-state index contributed by atoms with van der Waals surface area (Å²) in [4.78, 5) is 3.20. The minimum atomic E-state index is 0.663. The van der Waals surface area contributed by atoms with Crippen molar-refractivity contribution in [2.24, 2.45) is 0 Å². The monoisotopic (exact) mass is 288 g/mol. The summed E-state index contributed by atoms with van der Waals surface area (Å²) in [5.41, 5.74) is 4.21. The maximum absolute atomic E-state index is 6.31. The van der Waals surface area contributed by atoms with Crippen molar-refractivity contribution in [1.29, 1.82) is 0 Å². The summed E-state index contributed by atoms with van der Waals surface area (Å²) in [6, 6.07) is 14.1. The Balaban J connectivity index is 2.35. The Kier molecular flexibility index (Phi) is 3.17. The standard InChI is InChI=1S/C15H13ClN2S/c1-2-10-5-3-6-11(9-10)18-14-12(16)7-4-8-13(14)17-15(18)19/h3-9H,2H2,1H3,(H,17,19). The second kappa shape index (κ2) is 4.83. The van der Waals surface area contributed by atoms with Gasteiger partial charge in [0, 0.05) is 5.69 Å². The van der Waals surface area contributed by atoms with E-state index in [0.717, 1.165) is 23.1 Å². The van der Waals surface area contributed by atoms with Crippen LogP contribution in [0.15, 0.2) is 42.5 Å². The second-order valence-corrected chi connectivity index (χ2v) is 5.22. The molecule has 0 bridgehead atoms. The molecule has 0 atom stereocenters. The predicted octanol–water partition coefficient (Wildman–Crippen LogP) is 4.90. The van der Waals surface area contributed by atoms with Crippen molar-refractivity contribution in [1.82, 2.24) is 9.55 Å². The average molecular weight is 289 g/mol. The van der Waals surface area contributed by atoms with E-state index in [9.17, 15) is 0 Å². The van der Waals surface area contributed by atoms with Crippen molar-refractivity contribution in [3.63, 3.8) is 0 Å². The van der Waals surface area contributed by atoms with Gasteiger partial charge >= 0.3 is 0 Å². The number of H-pyrrole nitrogens is 1. The fourth-order valence-electron chi connectivity index (χ4n) is 2.28. The molecule has 2 aromatic carbocycles. The quantitative estimate of drug-likeness (QED) is 0.665. The maximum atomic E-state index is 6.31. The van der Waals surface area contributed by atoms with Crippen LogP contribution in [-0.2, 0) is 6.42 Å². The van der Waals surface area contributed by atoms with Gasteiger partial charge in [0.15, 0.2) is 4.77 Å². The molecule has 0 saturated heterocycles. The molecule has 96 valence electrons. The molecule has 0 aliphatic rings. The first-order valence-corrected chi connectivity index (χ1v) is 6.98. The molecule has 0 unspecified atom stereocenters. The van der Waals surface area contributed by atoms with Gasteiger partial charge in [-0.1, -0.05) is 36.7 Å². The van der Waals surface area contributed by atoms with E-state index in [2.05, 4.69) is 24.0 Å². The molecule has 0 aliphatic heterocycles. The zero-order valence-electron chi connectivity index (χ0n) is 10.5. The molecule has 0 spiro atoms. The van der Waals surface area contributed by atoms with Crippen LogP contribution < -0.4 is 0 Å². The number of fused-ring (bicyclic) bond motifs is 1. The third-order valence-electron chi connectivity index (χ3n) is 3.23. The molecular weight excluding hydrogens is 276 g/mol. The van der Waals surface area contributed by atoms with Crippen LogP contribution in [0.1, 0.15) is 12.5 Å². The molecule has 0 radical (unpaired) electrons. The number of aryl methyl sites for hydroxylation is 1. The lowest BCUT2D eigenvalue weighted by Gasteiger charge is -2.07. The second-order valence-electron chi connectivity index (χ2n) is 4.43. The first-order valence-electron chi connectivity index (χ1n) is 6.19. The molecule has 3 rings (SSSR count). The van der Waals surface area contributed by atoms with Crippen molar-refractivity contribution in [2.75, 3.05) is 0 Å². The lowest BCUT2D eigenvalue weighted by molar-refractivity contribution is 1.05. The van der Waals surface area contributed by atoms with Gasteiger partial charge in [0.05, 0.1) is 16.1 Å². The normalized spacial score (nSPS) is 11.1. The zero-order valence-corrected chi connectivity index (χ0v) is 12.1. The Labute approximate surface area is 121 Å². The van der Waals surface area contributed by atoms with Gasteiger partial charge in [-0.25, -0.2) is 0 Å². The van der Waals surface area contributed by atoms with E-state index in [1.807, 2.05) is 34.9 Å². The van der Waals surface area contributed by atoms with Crippen LogP contribution in [0, 0.1) is 4.77 Å². The highest BCUT2D eigenvalue weighted by Crippen LogP contribution is 2.26. The van der Waals surface area contributed by atoms with Crippen LogP contribution in [0.2, 0.25) is 5.02 Å². The molecule has 1 N–H and O–H groups in total. The van der Waals surface area contributed by atoms with Crippen molar-refractivity contribution in [3.05, 3.63) is 57.8 Å². The average Bonchev–Trinajstić information content (AvgIpc) is 2.76. The lowest BCUT2D eigenvalue weighted by atomic mass is 10.1. The van der Waals surface area contributed by atoms with Gasteiger partial charge in [-0.3, -0.25) is 4.57 Å². The molecule has 4 heteroatoms. The van der Waals surface area contributed by atoms with Crippen molar-refractivity contribution >= 4 is 34.9 Å². The molecule has 1 aromatic heterocycles. The maximum Gasteiger partial charge on any atom is 0.182 e. The number of aromatic nitrogens is 2. The molecule has 3 aromatic rings. The summed E-state index contributed by atoms with van der Waals surface area (Å²) in [6.45, 7) is 2.14. The summed E-state index contributed by atoms with van der Waals surface area (Å²) >= 11 is 11.7. The molecule has 2 nitrogen and oxygen atoms in total. The number of nitrogens with zero attached hydrogens (tertiary/aromatic N) is 1. The van der Waals surface area contributed by atoms with E-state index in [1.54, 1.807) is 0 Å². The fraction of sp³-hybridized carbons (Fsp3) is 0.133. The van der Waals surface area contributed by atoms with Crippen LogP contribution in [-0.4, -0.2) is 9.55 Å². The molecule has 0 saturated carbocycles. The minimum Gasteiger partial charge on any atom is -0.330 e. The molecule has 1 heterocycles. The van der Waals surface area contributed by atoms with Crippen molar-refractivity contribution in [2.45, 2.75) is 13.3 Å². The lowest BCUT2D eigenvalue weighted by Crippen LogP contribution is -1.95. The number of aromatic amines is 1. The SMILES string of the molecule is CCc1cccc(-n2c(=S)[nH]c3cccc(Cl)c32)c1.